The quantitative estimate of drug-likeness (QED) is 0.619. The molecule has 1 atom stereocenters. The predicted molar refractivity (Wildman–Crippen MR) is 86.0 cm³/mol. The molecule has 1 unspecified atom stereocenters. The van der Waals surface area contributed by atoms with Gasteiger partial charge in [0, 0.05) is 25.2 Å². The Kier molecular flexibility index (Phi) is 5.56. The van der Waals surface area contributed by atoms with Crippen molar-refractivity contribution in [1.29, 1.82) is 0 Å². The summed E-state index contributed by atoms with van der Waals surface area (Å²) in [5.74, 6) is 0. The molecule has 1 aliphatic rings. The maximum Gasteiger partial charge on any atom is 0.292 e. The summed E-state index contributed by atoms with van der Waals surface area (Å²) in [4.78, 5) is 13.3. The fourth-order valence-electron chi connectivity index (χ4n) is 2.88. The van der Waals surface area contributed by atoms with Crippen molar-refractivity contribution >= 4 is 11.4 Å². The Morgan fingerprint density at radius 3 is 2.90 bits per heavy atom. The van der Waals surface area contributed by atoms with Crippen molar-refractivity contribution in [2.45, 2.75) is 45.6 Å². The first kappa shape index (κ1) is 15.8. The van der Waals surface area contributed by atoms with E-state index in [1.54, 1.807) is 6.07 Å². The third-order valence-corrected chi connectivity index (χ3v) is 4.05. The molecule has 1 aliphatic heterocycles. The van der Waals surface area contributed by atoms with E-state index in [2.05, 4.69) is 17.1 Å². The Balaban J connectivity index is 2.23. The minimum absolute atomic E-state index is 0.226. The van der Waals surface area contributed by atoms with Crippen LogP contribution < -0.4 is 10.2 Å². The Morgan fingerprint density at radius 2 is 2.29 bits per heavy atom. The van der Waals surface area contributed by atoms with Gasteiger partial charge in [0.15, 0.2) is 0 Å². The van der Waals surface area contributed by atoms with Crippen LogP contribution in [0.5, 0.6) is 0 Å². The molecule has 1 fully saturated rings. The molecule has 1 aromatic rings. The normalized spacial score (nSPS) is 17.9. The second-order valence-electron chi connectivity index (χ2n) is 5.84. The minimum atomic E-state index is -0.261. The summed E-state index contributed by atoms with van der Waals surface area (Å²) in [5.41, 5.74) is 1.91. The maximum absolute atomic E-state index is 11.4. The van der Waals surface area contributed by atoms with Gasteiger partial charge in [0.05, 0.1) is 4.92 Å². The number of nitro groups is 1. The summed E-state index contributed by atoms with van der Waals surface area (Å²) in [6.45, 7) is 6.83. The number of hydrogen-bond donors (Lipinski definition) is 1. The fraction of sp³-hybridized carbons (Fsp3) is 0.625. The van der Waals surface area contributed by atoms with Crippen LogP contribution in [0.2, 0.25) is 0 Å². The first-order valence-corrected chi connectivity index (χ1v) is 7.85. The minimum Gasteiger partial charge on any atom is -0.364 e. The summed E-state index contributed by atoms with van der Waals surface area (Å²) in [6, 6.07) is 5.99. The zero-order valence-electron chi connectivity index (χ0n) is 13.0. The van der Waals surface area contributed by atoms with E-state index in [4.69, 9.17) is 0 Å². The maximum atomic E-state index is 11.4. The van der Waals surface area contributed by atoms with Crippen LogP contribution in [0.4, 0.5) is 11.4 Å². The van der Waals surface area contributed by atoms with E-state index in [1.165, 1.54) is 6.42 Å². The van der Waals surface area contributed by atoms with Gasteiger partial charge in [0.1, 0.15) is 5.69 Å². The van der Waals surface area contributed by atoms with Crippen LogP contribution in [0.1, 0.15) is 38.2 Å². The lowest BCUT2D eigenvalue weighted by molar-refractivity contribution is -0.384. The number of aryl methyl sites for hydroxylation is 1. The Hall–Kier alpha value is -1.62. The van der Waals surface area contributed by atoms with E-state index >= 15 is 0 Å². The van der Waals surface area contributed by atoms with Gasteiger partial charge in [-0.15, -0.1) is 0 Å². The fourth-order valence-corrected chi connectivity index (χ4v) is 2.88. The van der Waals surface area contributed by atoms with E-state index in [0.29, 0.717) is 6.04 Å². The molecule has 2 rings (SSSR count). The molecular formula is C16H25N3O2. The molecular weight excluding hydrogens is 266 g/mol. The van der Waals surface area contributed by atoms with E-state index in [-0.39, 0.29) is 10.6 Å². The average Bonchev–Trinajstić information content (AvgIpc) is 2.96. The zero-order valence-corrected chi connectivity index (χ0v) is 13.0. The molecule has 1 N–H and O–H groups in total. The van der Waals surface area contributed by atoms with E-state index in [1.807, 2.05) is 19.1 Å². The van der Waals surface area contributed by atoms with Crippen LogP contribution in [-0.4, -0.2) is 30.6 Å². The van der Waals surface area contributed by atoms with Gasteiger partial charge in [-0.05, 0) is 44.4 Å². The van der Waals surface area contributed by atoms with E-state index in [0.717, 1.165) is 50.1 Å². The van der Waals surface area contributed by atoms with Crippen LogP contribution in [0.3, 0.4) is 0 Å². The second kappa shape index (κ2) is 7.41. The number of benzene rings is 1. The number of anilines is 1. The molecule has 1 heterocycles. The van der Waals surface area contributed by atoms with Crippen LogP contribution in [0.25, 0.3) is 0 Å². The van der Waals surface area contributed by atoms with Crippen molar-refractivity contribution in [3.05, 3.63) is 33.9 Å². The number of rotatable bonds is 7. The summed E-state index contributed by atoms with van der Waals surface area (Å²) < 4.78 is 0. The van der Waals surface area contributed by atoms with Crippen molar-refractivity contribution in [1.82, 2.24) is 5.32 Å². The predicted octanol–water partition coefficient (Wildman–Crippen LogP) is 3.26. The second-order valence-corrected chi connectivity index (χ2v) is 5.84. The molecule has 0 aliphatic carbocycles. The van der Waals surface area contributed by atoms with Crippen LogP contribution >= 0.6 is 0 Å². The number of hydrogen-bond acceptors (Lipinski definition) is 4. The largest absolute Gasteiger partial charge is 0.364 e. The van der Waals surface area contributed by atoms with E-state index in [9.17, 15) is 10.1 Å². The van der Waals surface area contributed by atoms with Gasteiger partial charge in [0.2, 0.25) is 0 Å². The molecule has 0 aromatic heterocycles. The topological polar surface area (TPSA) is 58.4 Å². The lowest BCUT2D eigenvalue weighted by Crippen LogP contribution is -2.38. The number of nitro benzene ring substituents is 1. The molecule has 1 saturated heterocycles. The lowest BCUT2D eigenvalue weighted by atomic mass is 10.1. The van der Waals surface area contributed by atoms with Crippen LogP contribution in [0, 0.1) is 17.0 Å². The van der Waals surface area contributed by atoms with Gasteiger partial charge < -0.3 is 10.2 Å². The average molecular weight is 291 g/mol. The van der Waals surface area contributed by atoms with Gasteiger partial charge >= 0.3 is 0 Å². The SMILES string of the molecule is CCCCN(CC1CCCN1)c1ccc(C)cc1[N+](=O)[O-]. The highest BCUT2D eigenvalue weighted by Gasteiger charge is 2.23. The van der Waals surface area contributed by atoms with Gasteiger partial charge in [0.25, 0.3) is 5.69 Å². The van der Waals surface area contributed by atoms with Crippen molar-refractivity contribution in [2.24, 2.45) is 0 Å². The smallest absolute Gasteiger partial charge is 0.292 e. The molecule has 5 heteroatoms. The molecule has 0 radical (unpaired) electrons. The third-order valence-electron chi connectivity index (χ3n) is 4.05. The monoisotopic (exact) mass is 291 g/mol. The van der Waals surface area contributed by atoms with Gasteiger partial charge in [-0.2, -0.15) is 0 Å². The number of unbranched alkanes of at least 4 members (excludes halogenated alkanes) is 1. The first-order valence-electron chi connectivity index (χ1n) is 7.85. The summed E-state index contributed by atoms with van der Waals surface area (Å²) in [7, 11) is 0. The molecule has 21 heavy (non-hydrogen) atoms. The van der Waals surface area contributed by atoms with Crippen LogP contribution in [-0.2, 0) is 0 Å². The Morgan fingerprint density at radius 1 is 1.48 bits per heavy atom. The van der Waals surface area contributed by atoms with E-state index < -0.39 is 0 Å². The van der Waals surface area contributed by atoms with Crippen molar-refractivity contribution in [3.8, 4) is 0 Å². The third kappa shape index (κ3) is 4.17. The van der Waals surface area contributed by atoms with Gasteiger partial charge in [-0.3, -0.25) is 10.1 Å². The Bertz CT molecular complexity index is 484. The number of nitrogens with zero attached hydrogens (tertiary/aromatic N) is 2. The highest BCUT2D eigenvalue weighted by Crippen LogP contribution is 2.30. The zero-order chi connectivity index (χ0) is 15.2. The summed E-state index contributed by atoms with van der Waals surface area (Å²) in [5, 5.41) is 14.8. The molecule has 0 saturated carbocycles. The van der Waals surface area contributed by atoms with Crippen molar-refractivity contribution in [2.75, 3.05) is 24.5 Å². The standard InChI is InChI=1S/C16H25N3O2/c1-3-4-10-18(12-14-6-5-9-17-14)15-8-7-13(2)11-16(15)19(20)21/h7-8,11,14,17H,3-6,9-10,12H2,1-2H3. The Labute approximate surface area is 126 Å². The molecule has 5 nitrogen and oxygen atoms in total. The number of nitrogens with one attached hydrogen (secondary N) is 1. The first-order chi connectivity index (χ1) is 10.1. The van der Waals surface area contributed by atoms with Gasteiger partial charge in [-0.1, -0.05) is 19.4 Å². The highest BCUT2D eigenvalue weighted by molar-refractivity contribution is 5.64. The highest BCUT2D eigenvalue weighted by atomic mass is 16.6. The molecule has 0 amide bonds. The molecule has 1 aromatic carbocycles. The summed E-state index contributed by atoms with van der Waals surface area (Å²) in [6.07, 6.45) is 4.50. The van der Waals surface area contributed by atoms with Crippen molar-refractivity contribution < 1.29 is 4.92 Å². The van der Waals surface area contributed by atoms with Gasteiger partial charge in [-0.25, -0.2) is 0 Å². The molecule has 116 valence electrons. The molecule has 0 spiro atoms. The summed E-state index contributed by atoms with van der Waals surface area (Å²) >= 11 is 0. The van der Waals surface area contributed by atoms with Crippen LogP contribution in [0.15, 0.2) is 18.2 Å². The lowest BCUT2D eigenvalue weighted by Gasteiger charge is -2.27. The van der Waals surface area contributed by atoms with Crippen molar-refractivity contribution in [3.63, 3.8) is 0 Å². The molecule has 0 bridgehead atoms.